The van der Waals surface area contributed by atoms with Crippen molar-refractivity contribution in [2.75, 3.05) is 0 Å². The number of rotatable bonds is 6. The Morgan fingerprint density at radius 2 is 1.25 bits per heavy atom. The monoisotopic (exact) mass is 206 g/mol. The van der Waals surface area contributed by atoms with Crippen LogP contribution in [0.2, 0.25) is 12.1 Å². The smallest absolute Gasteiger partial charge is 0.141 e. The lowest BCUT2D eigenvalue weighted by molar-refractivity contribution is 0.609. The summed E-state index contributed by atoms with van der Waals surface area (Å²) in [5.74, 6) is 1.66. The Balaban J connectivity index is 3.27. The van der Waals surface area contributed by atoms with Gasteiger partial charge >= 0.3 is 0 Å². The summed E-state index contributed by atoms with van der Waals surface area (Å²) in [6, 6.07) is 2.65. The lowest BCUT2D eigenvalue weighted by Gasteiger charge is -2.10. The molecule has 0 aromatic rings. The van der Waals surface area contributed by atoms with Crippen molar-refractivity contribution in [3.8, 4) is 0 Å². The summed E-state index contributed by atoms with van der Waals surface area (Å²) in [6.07, 6.45) is 2.66. The summed E-state index contributed by atoms with van der Waals surface area (Å²) in [6.45, 7) is 9.11. The summed E-state index contributed by atoms with van der Waals surface area (Å²) in [5, 5.41) is 0. The van der Waals surface area contributed by atoms with Crippen molar-refractivity contribution >= 4 is 19.2 Å². The van der Waals surface area contributed by atoms with Gasteiger partial charge in [-0.2, -0.15) is 11.1 Å². The Bertz CT molecular complexity index is 90.0. The quantitative estimate of drug-likeness (QED) is 0.455. The van der Waals surface area contributed by atoms with E-state index in [1.165, 1.54) is 24.9 Å². The second-order valence-electron chi connectivity index (χ2n) is 4.54. The standard InChI is InChI=1S/C10H23ClSi/c1-9(2)5-7-12(11)8-6-10(3)4/h9-10,12H,5-8H2,1-4H3. The summed E-state index contributed by atoms with van der Waals surface area (Å²) >= 11 is 6.31. The first-order chi connectivity index (χ1) is 5.52. The van der Waals surface area contributed by atoms with Crippen molar-refractivity contribution in [3.05, 3.63) is 0 Å². The van der Waals surface area contributed by atoms with Crippen LogP contribution in [0.15, 0.2) is 0 Å². The summed E-state index contributed by atoms with van der Waals surface area (Å²) in [5.41, 5.74) is 0. The molecule has 0 saturated carbocycles. The first-order valence-electron chi connectivity index (χ1n) is 5.16. The van der Waals surface area contributed by atoms with E-state index in [0.29, 0.717) is 0 Å². The van der Waals surface area contributed by atoms with E-state index in [-0.39, 0.29) is 0 Å². The van der Waals surface area contributed by atoms with Gasteiger partial charge < -0.3 is 0 Å². The van der Waals surface area contributed by atoms with Crippen molar-refractivity contribution < 1.29 is 0 Å². The maximum atomic E-state index is 6.31. The minimum atomic E-state index is -0.842. The molecule has 0 bridgehead atoms. The van der Waals surface area contributed by atoms with Crippen LogP contribution in [0.25, 0.3) is 0 Å². The van der Waals surface area contributed by atoms with Gasteiger partial charge in [-0.15, -0.1) is 0 Å². The maximum Gasteiger partial charge on any atom is 0.141 e. The number of halogens is 1. The van der Waals surface area contributed by atoms with Gasteiger partial charge in [-0.25, -0.2) is 0 Å². The first-order valence-corrected chi connectivity index (χ1v) is 8.54. The van der Waals surface area contributed by atoms with Crippen LogP contribution >= 0.6 is 11.1 Å². The van der Waals surface area contributed by atoms with Gasteiger partial charge in [0.25, 0.3) is 0 Å². The minimum Gasteiger partial charge on any atom is -0.172 e. The third-order valence-electron chi connectivity index (χ3n) is 2.11. The minimum absolute atomic E-state index is 0.831. The molecule has 0 atom stereocenters. The van der Waals surface area contributed by atoms with E-state index in [4.69, 9.17) is 11.1 Å². The van der Waals surface area contributed by atoms with E-state index in [1.54, 1.807) is 0 Å². The fourth-order valence-electron chi connectivity index (χ4n) is 1.17. The van der Waals surface area contributed by atoms with Gasteiger partial charge in [0.1, 0.15) is 8.11 Å². The number of hydrogen-bond acceptors (Lipinski definition) is 0. The molecule has 0 spiro atoms. The molecule has 12 heavy (non-hydrogen) atoms. The van der Waals surface area contributed by atoms with Gasteiger partial charge in [0.15, 0.2) is 0 Å². The molecule has 0 aliphatic rings. The average molecular weight is 207 g/mol. The zero-order valence-electron chi connectivity index (χ0n) is 8.94. The van der Waals surface area contributed by atoms with Gasteiger partial charge in [-0.1, -0.05) is 40.5 Å². The SMILES string of the molecule is CC(C)CC[SiH](Cl)CCC(C)C. The third-order valence-corrected chi connectivity index (χ3v) is 5.34. The zero-order chi connectivity index (χ0) is 9.56. The molecule has 0 aromatic carbocycles. The first kappa shape index (κ1) is 12.5. The molecule has 0 amide bonds. The Hall–Kier alpha value is 0.507. The van der Waals surface area contributed by atoms with Crippen LogP contribution in [0, 0.1) is 11.8 Å². The van der Waals surface area contributed by atoms with Crippen molar-refractivity contribution in [1.82, 2.24) is 0 Å². The van der Waals surface area contributed by atoms with Crippen LogP contribution in [0.3, 0.4) is 0 Å². The molecule has 2 heteroatoms. The van der Waals surface area contributed by atoms with E-state index in [9.17, 15) is 0 Å². The topological polar surface area (TPSA) is 0 Å². The highest BCUT2D eigenvalue weighted by atomic mass is 35.6. The highest BCUT2D eigenvalue weighted by molar-refractivity contribution is 7.06. The molecule has 0 fully saturated rings. The van der Waals surface area contributed by atoms with Gasteiger partial charge in [0.05, 0.1) is 0 Å². The van der Waals surface area contributed by atoms with E-state index in [1.807, 2.05) is 0 Å². The molecule has 0 nitrogen and oxygen atoms in total. The van der Waals surface area contributed by atoms with Crippen LogP contribution in [-0.2, 0) is 0 Å². The molecule has 0 unspecified atom stereocenters. The van der Waals surface area contributed by atoms with Crippen LogP contribution in [0.1, 0.15) is 40.5 Å². The predicted molar refractivity (Wildman–Crippen MR) is 61.5 cm³/mol. The summed E-state index contributed by atoms with van der Waals surface area (Å²) in [7, 11) is -0.842. The fourth-order valence-corrected chi connectivity index (χ4v) is 4.27. The fraction of sp³-hybridized carbons (Fsp3) is 1.00. The van der Waals surface area contributed by atoms with Gasteiger partial charge in [0.2, 0.25) is 0 Å². The van der Waals surface area contributed by atoms with Gasteiger partial charge in [-0.05, 0) is 23.9 Å². The van der Waals surface area contributed by atoms with E-state index >= 15 is 0 Å². The van der Waals surface area contributed by atoms with Crippen LogP contribution in [0.5, 0.6) is 0 Å². The third kappa shape index (κ3) is 8.60. The molecule has 0 aliphatic heterocycles. The Morgan fingerprint density at radius 3 is 1.50 bits per heavy atom. The lowest BCUT2D eigenvalue weighted by Crippen LogP contribution is -2.06. The average Bonchev–Trinajstić information content (AvgIpc) is 1.96. The van der Waals surface area contributed by atoms with Crippen molar-refractivity contribution in [1.29, 1.82) is 0 Å². The zero-order valence-corrected chi connectivity index (χ0v) is 10.8. The lowest BCUT2D eigenvalue weighted by atomic mass is 10.2. The highest BCUT2D eigenvalue weighted by Gasteiger charge is 2.08. The molecule has 74 valence electrons. The molecule has 0 radical (unpaired) electrons. The highest BCUT2D eigenvalue weighted by Crippen LogP contribution is 2.17. The Labute approximate surface area is 84.0 Å². The molecular formula is C10H23ClSi. The Kier molecular flexibility index (Phi) is 7.26. The maximum absolute atomic E-state index is 6.31. The molecular weight excluding hydrogens is 184 g/mol. The summed E-state index contributed by atoms with van der Waals surface area (Å²) < 4.78 is 0. The van der Waals surface area contributed by atoms with Crippen molar-refractivity contribution in [2.24, 2.45) is 11.8 Å². The van der Waals surface area contributed by atoms with Crippen LogP contribution in [-0.4, -0.2) is 8.11 Å². The van der Waals surface area contributed by atoms with Gasteiger partial charge in [-0.3, -0.25) is 0 Å². The molecule has 0 aromatic heterocycles. The van der Waals surface area contributed by atoms with E-state index in [2.05, 4.69) is 27.7 Å². The van der Waals surface area contributed by atoms with Crippen LogP contribution in [0.4, 0.5) is 0 Å². The Morgan fingerprint density at radius 1 is 0.917 bits per heavy atom. The largest absolute Gasteiger partial charge is 0.172 e. The molecule has 0 aliphatic carbocycles. The van der Waals surface area contributed by atoms with E-state index < -0.39 is 8.11 Å². The van der Waals surface area contributed by atoms with Crippen molar-refractivity contribution in [2.45, 2.75) is 52.6 Å². The van der Waals surface area contributed by atoms with Crippen molar-refractivity contribution in [3.63, 3.8) is 0 Å². The summed E-state index contributed by atoms with van der Waals surface area (Å²) in [4.78, 5) is 0. The normalized spacial score (nSPS) is 12.0. The molecule has 0 N–H and O–H groups in total. The van der Waals surface area contributed by atoms with E-state index in [0.717, 1.165) is 11.8 Å². The second-order valence-corrected chi connectivity index (χ2v) is 8.74. The molecule has 0 saturated heterocycles. The second kappa shape index (κ2) is 6.96. The molecule has 0 rings (SSSR count). The van der Waals surface area contributed by atoms with Gasteiger partial charge in [0, 0.05) is 0 Å². The molecule has 0 heterocycles. The number of hydrogen-bond donors (Lipinski definition) is 0. The van der Waals surface area contributed by atoms with Crippen LogP contribution < -0.4 is 0 Å². The predicted octanol–water partition coefficient (Wildman–Crippen LogP) is 4.04.